The Morgan fingerprint density at radius 1 is 1.26 bits per heavy atom. The van der Waals surface area contributed by atoms with Crippen molar-refractivity contribution in [1.82, 2.24) is 15.1 Å². The zero-order valence-corrected chi connectivity index (χ0v) is 18.1. The summed E-state index contributed by atoms with van der Waals surface area (Å²) >= 11 is 0. The molecule has 0 amide bonds. The van der Waals surface area contributed by atoms with Crippen LogP contribution in [0.25, 0.3) is 0 Å². The van der Waals surface area contributed by atoms with E-state index in [0.717, 1.165) is 64.4 Å². The second-order valence-corrected chi connectivity index (χ2v) is 6.76. The molecular formula is C19H29F2IN4O. The lowest BCUT2D eigenvalue weighted by atomic mass is 10.1. The fourth-order valence-corrected chi connectivity index (χ4v) is 3.62. The Balaban J connectivity index is 0.00000261. The number of guanidine groups is 1. The Morgan fingerprint density at radius 3 is 2.78 bits per heavy atom. The van der Waals surface area contributed by atoms with Gasteiger partial charge in [0.2, 0.25) is 0 Å². The SMILES string of the molecule is CCNC(=NCCc1cc(F)ccc1F)N1CCC(N2CCOCC2)C1.I. The topological polar surface area (TPSA) is 40.1 Å². The zero-order valence-electron chi connectivity index (χ0n) is 15.8. The molecule has 2 heterocycles. The minimum atomic E-state index is -0.412. The molecule has 0 radical (unpaired) electrons. The van der Waals surface area contributed by atoms with Gasteiger partial charge in [-0.1, -0.05) is 0 Å². The molecule has 1 atom stereocenters. The molecule has 5 nitrogen and oxygen atoms in total. The molecule has 8 heteroatoms. The summed E-state index contributed by atoms with van der Waals surface area (Å²) in [5, 5.41) is 3.33. The van der Waals surface area contributed by atoms with E-state index in [2.05, 4.69) is 20.1 Å². The molecule has 1 aromatic carbocycles. The first-order valence-corrected chi connectivity index (χ1v) is 9.46. The minimum Gasteiger partial charge on any atom is -0.379 e. The van der Waals surface area contributed by atoms with Crippen molar-refractivity contribution in [1.29, 1.82) is 0 Å². The average Bonchev–Trinajstić information content (AvgIpc) is 3.14. The number of hydrogen-bond acceptors (Lipinski definition) is 3. The predicted molar refractivity (Wildman–Crippen MR) is 114 cm³/mol. The van der Waals surface area contributed by atoms with E-state index in [4.69, 9.17) is 4.74 Å². The van der Waals surface area contributed by atoms with Crippen molar-refractivity contribution >= 4 is 29.9 Å². The fraction of sp³-hybridized carbons (Fsp3) is 0.632. The van der Waals surface area contributed by atoms with Gasteiger partial charge >= 0.3 is 0 Å². The van der Waals surface area contributed by atoms with Crippen molar-refractivity contribution in [3.8, 4) is 0 Å². The van der Waals surface area contributed by atoms with Crippen LogP contribution in [-0.4, -0.2) is 74.3 Å². The summed E-state index contributed by atoms with van der Waals surface area (Å²) in [6.07, 6.45) is 1.50. The molecule has 1 N–H and O–H groups in total. The monoisotopic (exact) mass is 494 g/mol. The van der Waals surface area contributed by atoms with Gasteiger partial charge in [-0.25, -0.2) is 8.78 Å². The maximum absolute atomic E-state index is 13.7. The van der Waals surface area contributed by atoms with Crippen molar-refractivity contribution < 1.29 is 13.5 Å². The van der Waals surface area contributed by atoms with Gasteiger partial charge in [0.15, 0.2) is 5.96 Å². The molecule has 0 spiro atoms. The maximum atomic E-state index is 13.7. The van der Waals surface area contributed by atoms with Crippen LogP contribution in [0.15, 0.2) is 23.2 Å². The highest BCUT2D eigenvalue weighted by Crippen LogP contribution is 2.17. The van der Waals surface area contributed by atoms with E-state index >= 15 is 0 Å². The first-order valence-electron chi connectivity index (χ1n) is 9.46. The Morgan fingerprint density at radius 2 is 2.04 bits per heavy atom. The van der Waals surface area contributed by atoms with E-state index in [1.165, 1.54) is 12.1 Å². The number of benzene rings is 1. The van der Waals surface area contributed by atoms with E-state index < -0.39 is 5.82 Å². The molecular weight excluding hydrogens is 465 g/mol. The number of nitrogens with zero attached hydrogens (tertiary/aromatic N) is 3. The number of halogens is 3. The maximum Gasteiger partial charge on any atom is 0.193 e. The van der Waals surface area contributed by atoms with Crippen LogP contribution in [0.5, 0.6) is 0 Å². The second kappa shape index (κ2) is 11.1. The third-order valence-corrected chi connectivity index (χ3v) is 5.01. The van der Waals surface area contributed by atoms with Gasteiger partial charge in [-0.15, -0.1) is 24.0 Å². The molecule has 0 saturated carbocycles. The highest BCUT2D eigenvalue weighted by molar-refractivity contribution is 14.0. The summed E-state index contributed by atoms with van der Waals surface area (Å²) in [5.41, 5.74) is 0.372. The van der Waals surface area contributed by atoms with Crippen molar-refractivity contribution in [2.45, 2.75) is 25.8 Å². The molecule has 2 fully saturated rings. The van der Waals surface area contributed by atoms with Gasteiger partial charge in [-0.05, 0) is 43.5 Å². The summed E-state index contributed by atoms with van der Waals surface area (Å²) in [5.74, 6) is 0.0745. The van der Waals surface area contributed by atoms with Crippen molar-refractivity contribution in [3.05, 3.63) is 35.4 Å². The van der Waals surface area contributed by atoms with Crippen molar-refractivity contribution in [3.63, 3.8) is 0 Å². The van der Waals surface area contributed by atoms with Gasteiger partial charge in [-0.2, -0.15) is 0 Å². The van der Waals surface area contributed by atoms with Crippen LogP contribution in [0.4, 0.5) is 8.78 Å². The first kappa shape index (κ1) is 22.3. The van der Waals surface area contributed by atoms with Gasteiger partial charge < -0.3 is 15.0 Å². The molecule has 1 unspecified atom stereocenters. The van der Waals surface area contributed by atoms with Gasteiger partial charge in [0, 0.05) is 45.3 Å². The molecule has 0 bridgehead atoms. The highest BCUT2D eigenvalue weighted by atomic mass is 127. The number of rotatable bonds is 5. The quantitative estimate of drug-likeness (QED) is 0.388. The van der Waals surface area contributed by atoms with Gasteiger partial charge in [0.25, 0.3) is 0 Å². The van der Waals surface area contributed by atoms with E-state index in [1.807, 2.05) is 6.92 Å². The second-order valence-electron chi connectivity index (χ2n) is 6.76. The van der Waals surface area contributed by atoms with E-state index in [0.29, 0.717) is 24.6 Å². The van der Waals surface area contributed by atoms with Crippen LogP contribution in [0.2, 0.25) is 0 Å². The molecule has 2 saturated heterocycles. The van der Waals surface area contributed by atoms with Crippen LogP contribution in [0, 0.1) is 11.6 Å². The van der Waals surface area contributed by atoms with Gasteiger partial charge in [-0.3, -0.25) is 9.89 Å². The van der Waals surface area contributed by atoms with Crippen LogP contribution >= 0.6 is 24.0 Å². The fourth-order valence-electron chi connectivity index (χ4n) is 3.62. The van der Waals surface area contributed by atoms with Crippen molar-refractivity contribution in [2.24, 2.45) is 4.99 Å². The molecule has 2 aliphatic heterocycles. The third-order valence-electron chi connectivity index (χ3n) is 5.01. The smallest absolute Gasteiger partial charge is 0.193 e. The Kier molecular flexibility index (Phi) is 9.17. The lowest BCUT2D eigenvalue weighted by molar-refractivity contribution is 0.0195. The summed E-state index contributed by atoms with van der Waals surface area (Å²) in [7, 11) is 0. The molecule has 1 aromatic rings. The first-order chi connectivity index (χ1) is 12.7. The molecule has 3 rings (SSSR count). The lowest BCUT2D eigenvalue weighted by Gasteiger charge is -2.32. The zero-order chi connectivity index (χ0) is 18.4. The van der Waals surface area contributed by atoms with Gasteiger partial charge in [0.1, 0.15) is 11.6 Å². The molecule has 152 valence electrons. The Bertz CT molecular complexity index is 626. The van der Waals surface area contributed by atoms with E-state index in [9.17, 15) is 8.78 Å². The number of hydrogen-bond donors (Lipinski definition) is 1. The minimum absolute atomic E-state index is 0. The number of nitrogens with one attached hydrogen (secondary N) is 1. The third kappa shape index (κ3) is 6.25. The normalized spacial score (nSPS) is 21.2. The molecule has 27 heavy (non-hydrogen) atoms. The van der Waals surface area contributed by atoms with Crippen LogP contribution < -0.4 is 5.32 Å². The average molecular weight is 494 g/mol. The summed E-state index contributed by atoms with van der Waals surface area (Å²) < 4.78 is 32.5. The van der Waals surface area contributed by atoms with E-state index in [1.54, 1.807) is 0 Å². The molecule has 2 aliphatic rings. The van der Waals surface area contributed by atoms with Crippen LogP contribution in [0.3, 0.4) is 0 Å². The van der Waals surface area contributed by atoms with Crippen LogP contribution in [-0.2, 0) is 11.2 Å². The lowest BCUT2D eigenvalue weighted by Crippen LogP contribution is -2.46. The predicted octanol–water partition coefficient (Wildman–Crippen LogP) is 2.50. The standard InChI is InChI=1S/C19H28F2N4O.HI/c1-2-22-19(23-7-5-15-13-16(20)3-4-18(15)21)25-8-6-17(14-25)24-9-11-26-12-10-24;/h3-4,13,17H,2,5-12,14H2,1H3,(H,22,23);1H. The number of likely N-dealkylation sites (tertiary alicyclic amines) is 1. The Labute approximate surface area is 177 Å². The number of morpholine rings is 1. The summed E-state index contributed by atoms with van der Waals surface area (Å²) in [6.45, 7) is 8.76. The largest absolute Gasteiger partial charge is 0.379 e. The Hall–Kier alpha value is -1.00. The summed E-state index contributed by atoms with van der Waals surface area (Å²) in [4.78, 5) is 9.40. The molecule has 0 aromatic heterocycles. The van der Waals surface area contributed by atoms with Crippen LogP contribution in [0.1, 0.15) is 18.9 Å². The number of aliphatic imine (C=N–C) groups is 1. The van der Waals surface area contributed by atoms with Crippen molar-refractivity contribution in [2.75, 3.05) is 52.5 Å². The number of ether oxygens (including phenoxy) is 1. The highest BCUT2D eigenvalue weighted by Gasteiger charge is 2.30. The summed E-state index contributed by atoms with van der Waals surface area (Å²) in [6, 6.07) is 4.10. The molecule has 0 aliphatic carbocycles. The van der Waals surface area contributed by atoms with E-state index in [-0.39, 0.29) is 29.8 Å². The van der Waals surface area contributed by atoms with Gasteiger partial charge in [0.05, 0.1) is 13.2 Å².